The van der Waals surface area contributed by atoms with E-state index >= 15 is 0 Å². The van der Waals surface area contributed by atoms with Gasteiger partial charge in [0, 0.05) is 11.8 Å². The van der Waals surface area contributed by atoms with Crippen LogP contribution in [0.2, 0.25) is 0 Å². The van der Waals surface area contributed by atoms with Crippen molar-refractivity contribution >= 4 is 24.3 Å². The van der Waals surface area contributed by atoms with Gasteiger partial charge in [-0.05, 0) is 57.4 Å². The molecule has 0 aliphatic carbocycles. The maximum atomic E-state index is 12.2. The van der Waals surface area contributed by atoms with Crippen molar-refractivity contribution < 1.29 is 14.1 Å². The molecule has 1 aliphatic rings. The van der Waals surface area contributed by atoms with Crippen LogP contribution in [0.3, 0.4) is 0 Å². The number of hydrogen-bond acceptors (Lipinski definition) is 4. The Morgan fingerprint density at radius 1 is 1.00 bits per heavy atom. The number of anilines is 1. The van der Waals surface area contributed by atoms with E-state index in [0.717, 1.165) is 5.46 Å². The topological polar surface area (TPSA) is 60.5 Å². The van der Waals surface area contributed by atoms with E-state index in [4.69, 9.17) is 9.31 Å². The number of hydrogen-bond donors (Lipinski definition) is 1. The highest BCUT2D eigenvalue weighted by molar-refractivity contribution is 6.62. The average molecular weight is 324 g/mol. The van der Waals surface area contributed by atoms with Crippen LogP contribution in [0, 0.1) is 0 Å². The Kier molecular flexibility index (Phi) is 4.19. The quantitative estimate of drug-likeness (QED) is 0.882. The van der Waals surface area contributed by atoms with Gasteiger partial charge in [0.25, 0.3) is 5.91 Å². The second-order valence-corrected chi connectivity index (χ2v) is 6.88. The minimum absolute atomic E-state index is 0.200. The predicted molar refractivity (Wildman–Crippen MR) is 94.3 cm³/mol. The first-order chi connectivity index (χ1) is 11.3. The lowest BCUT2D eigenvalue weighted by molar-refractivity contribution is 0.00578. The van der Waals surface area contributed by atoms with Gasteiger partial charge in [-0.15, -0.1) is 0 Å². The van der Waals surface area contributed by atoms with E-state index in [-0.39, 0.29) is 17.1 Å². The smallest absolute Gasteiger partial charge is 0.399 e. The molecule has 0 spiro atoms. The number of carbonyl (C=O) groups excluding carboxylic acids is 1. The molecule has 1 saturated heterocycles. The van der Waals surface area contributed by atoms with Gasteiger partial charge in [0.1, 0.15) is 5.82 Å². The zero-order valence-electron chi connectivity index (χ0n) is 14.4. The highest BCUT2D eigenvalue weighted by Crippen LogP contribution is 2.36. The van der Waals surface area contributed by atoms with Gasteiger partial charge in [0.15, 0.2) is 0 Å². The fourth-order valence-electron chi connectivity index (χ4n) is 2.40. The third-order valence-electron chi connectivity index (χ3n) is 4.60. The Labute approximate surface area is 142 Å². The SMILES string of the molecule is CC1(C)OB(c2ccc(C(=O)Nc3ccccn3)cc2)OC1(C)C. The van der Waals surface area contributed by atoms with Crippen LogP contribution >= 0.6 is 0 Å². The molecule has 2 heterocycles. The normalized spacial score (nSPS) is 18.4. The van der Waals surface area contributed by atoms with Crippen LogP contribution in [0.4, 0.5) is 5.82 Å². The van der Waals surface area contributed by atoms with Crippen LogP contribution in [-0.2, 0) is 9.31 Å². The number of pyridine rings is 1. The third-order valence-corrected chi connectivity index (χ3v) is 4.60. The number of benzene rings is 1. The summed E-state index contributed by atoms with van der Waals surface area (Å²) in [6.07, 6.45) is 1.64. The molecule has 1 fully saturated rings. The van der Waals surface area contributed by atoms with Gasteiger partial charge in [-0.2, -0.15) is 0 Å². The van der Waals surface area contributed by atoms with Crippen LogP contribution < -0.4 is 10.8 Å². The van der Waals surface area contributed by atoms with Crippen molar-refractivity contribution in [1.29, 1.82) is 0 Å². The third kappa shape index (κ3) is 3.20. The molecule has 0 saturated carbocycles. The van der Waals surface area contributed by atoms with E-state index in [1.54, 1.807) is 30.5 Å². The molecule has 0 unspecified atom stereocenters. The Morgan fingerprint density at radius 3 is 2.17 bits per heavy atom. The van der Waals surface area contributed by atoms with Crippen molar-refractivity contribution in [3.63, 3.8) is 0 Å². The van der Waals surface area contributed by atoms with Crippen LogP contribution in [0.25, 0.3) is 0 Å². The lowest BCUT2D eigenvalue weighted by atomic mass is 9.79. The first-order valence-corrected chi connectivity index (χ1v) is 7.96. The molecule has 5 nitrogen and oxygen atoms in total. The molecule has 0 bridgehead atoms. The molecule has 124 valence electrons. The Morgan fingerprint density at radius 2 is 1.62 bits per heavy atom. The number of aromatic nitrogens is 1. The number of rotatable bonds is 3. The van der Waals surface area contributed by atoms with Gasteiger partial charge in [0.2, 0.25) is 0 Å². The molecule has 3 rings (SSSR count). The summed E-state index contributed by atoms with van der Waals surface area (Å²) in [5.74, 6) is 0.326. The summed E-state index contributed by atoms with van der Waals surface area (Å²) >= 11 is 0. The molecule has 1 N–H and O–H groups in total. The summed E-state index contributed by atoms with van der Waals surface area (Å²) in [6, 6.07) is 12.6. The van der Waals surface area contributed by atoms with E-state index in [1.807, 2.05) is 45.9 Å². The average Bonchev–Trinajstić information content (AvgIpc) is 2.76. The summed E-state index contributed by atoms with van der Waals surface area (Å²) < 4.78 is 12.0. The van der Waals surface area contributed by atoms with E-state index in [0.29, 0.717) is 11.4 Å². The van der Waals surface area contributed by atoms with Crippen LogP contribution in [-0.4, -0.2) is 29.2 Å². The summed E-state index contributed by atoms with van der Waals surface area (Å²) in [5, 5.41) is 2.76. The predicted octanol–water partition coefficient (Wildman–Crippen LogP) is 2.63. The van der Waals surface area contributed by atoms with Crippen molar-refractivity contribution in [1.82, 2.24) is 4.98 Å². The number of nitrogens with zero attached hydrogens (tertiary/aromatic N) is 1. The van der Waals surface area contributed by atoms with Crippen molar-refractivity contribution in [3.05, 3.63) is 54.2 Å². The molecule has 24 heavy (non-hydrogen) atoms. The van der Waals surface area contributed by atoms with Crippen molar-refractivity contribution in [2.24, 2.45) is 0 Å². The Balaban J connectivity index is 1.71. The maximum absolute atomic E-state index is 12.2. The van der Waals surface area contributed by atoms with E-state index in [9.17, 15) is 4.79 Å². The fourth-order valence-corrected chi connectivity index (χ4v) is 2.40. The van der Waals surface area contributed by atoms with E-state index < -0.39 is 7.12 Å². The Bertz CT molecular complexity index is 714. The number of nitrogens with one attached hydrogen (secondary N) is 1. The van der Waals surface area contributed by atoms with Crippen LogP contribution in [0.15, 0.2) is 48.7 Å². The molecule has 0 radical (unpaired) electrons. The van der Waals surface area contributed by atoms with Crippen molar-refractivity contribution in [2.45, 2.75) is 38.9 Å². The summed E-state index contributed by atoms with van der Waals surface area (Å²) in [4.78, 5) is 16.3. The minimum Gasteiger partial charge on any atom is -0.399 e. The second kappa shape index (κ2) is 6.04. The first-order valence-electron chi connectivity index (χ1n) is 7.96. The zero-order valence-corrected chi connectivity index (χ0v) is 14.4. The van der Waals surface area contributed by atoms with Gasteiger partial charge in [-0.25, -0.2) is 4.98 Å². The standard InChI is InChI=1S/C18H21BN2O3/c1-17(2)18(3,4)24-19(23-17)14-10-8-13(9-11-14)16(22)21-15-7-5-6-12-20-15/h5-12H,1-4H3,(H,20,21,22). The minimum atomic E-state index is -0.428. The lowest BCUT2D eigenvalue weighted by Crippen LogP contribution is -2.41. The number of carbonyl (C=O) groups is 1. The van der Waals surface area contributed by atoms with Gasteiger partial charge in [-0.1, -0.05) is 18.2 Å². The van der Waals surface area contributed by atoms with Crippen LogP contribution in [0.1, 0.15) is 38.1 Å². The lowest BCUT2D eigenvalue weighted by Gasteiger charge is -2.32. The zero-order chi connectivity index (χ0) is 17.4. The molecule has 1 aromatic heterocycles. The Hall–Kier alpha value is -2.18. The van der Waals surface area contributed by atoms with Gasteiger partial charge in [0.05, 0.1) is 11.2 Å². The molecule has 1 aromatic carbocycles. The van der Waals surface area contributed by atoms with E-state index in [1.165, 1.54) is 0 Å². The molecule has 2 aromatic rings. The maximum Gasteiger partial charge on any atom is 0.494 e. The molecule has 6 heteroatoms. The summed E-state index contributed by atoms with van der Waals surface area (Å²) in [6.45, 7) is 8.06. The highest BCUT2D eigenvalue weighted by Gasteiger charge is 2.51. The van der Waals surface area contributed by atoms with Gasteiger partial charge in [-0.3, -0.25) is 4.79 Å². The first kappa shape index (κ1) is 16.7. The fraction of sp³-hybridized carbons (Fsp3) is 0.333. The molecular weight excluding hydrogens is 303 g/mol. The molecule has 0 atom stereocenters. The van der Waals surface area contributed by atoms with Crippen molar-refractivity contribution in [3.8, 4) is 0 Å². The number of amides is 1. The molecule has 1 aliphatic heterocycles. The molecular formula is C18H21BN2O3. The monoisotopic (exact) mass is 324 g/mol. The molecule has 1 amide bonds. The summed E-state index contributed by atoms with van der Waals surface area (Å²) in [7, 11) is -0.428. The highest BCUT2D eigenvalue weighted by atomic mass is 16.7. The largest absolute Gasteiger partial charge is 0.494 e. The van der Waals surface area contributed by atoms with Gasteiger partial charge >= 0.3 is 7.12 Å². The van der Waals surface area contributed by atoms with Gasteiger partial charge < -0.3 is 14.6 Å². The van der Waals surface area contributed by atoms with Crippen LogP contribution in [0.5, 0.6) is 0 Å². The summed E-state index contributed by atoms with van der Waals surface area (Å²) in [5.41, 5.74) is 0.684. The van der Waals surface area contributed by atoms with Crippen molar-refractivity contribution in [2.75, 3.05) is 5.32 Å². The second-order valence-electron chi connectivity index (χ2n) is 6.88. The van der Waals surface area contributed by atoms with E-state index in [2.05, 4.69) is 10.3 Å².